The van der Waals surface area contributed by atoms with Crippen LogP contribution in [-0.2, 0) is 0 Å². The Kier molecular flexibility index (Phi) is 6.40. The number of nitrogens with one attached hydrogen (secondary N) is 1. The quantitative estimate of drug-likeness (QED) is 0.424. The van der Waals surface area contributed by atoms with Gasteiger partial charge in [0, 0.05) is 29.8 Å². The molecule has 0 unspecified atom stereocenters. The maximum atomic E-state index is 5.80. The summed E-state index contributed by atoms with van der Waals surface area (Å²) in [5.41, 5.74) is 7.52. The van der Waals surface area contributed by atoms with E-state index in [-0.39, 0.29) is 0 Å². The van der Waals surface area contributed by atoms with Crippen LogP contribution in [0.4, 0.5) is 11.4 Å². The van der Waals surface area contributed by atoms with E-state index in [0.717, 1.165) is 29.5 Å². The fourth-order valence-electron chi connectivity index (χ4n) is 1.36. The van der Waals surface area contributed by atoms with Gasteiger partial charge in [-0.2, -0.15) is 11.8 Å². The summed E-state index contributed by atoms with van der Waals surface area (Å²) in [4.78, 5) is 0. The number of ether oxygens (including phenoxy) is 1. The molecule has 0 saturated heterocycles. The second kappa shape index (κ2) is 7.90. The third-order valence-corrected chi connectivity index (χ3v) is 3.09. The van der Waals surface area contributed by atoms with E-state index in [1.54, 1.807) is 0 Å². The van der Waals surface area contributed by atoms with Crippen LogP contribution >= 0.6 is 11.8 Å². The predicted molar refractivity (Wildman–Crippen MR) is 78.0 cm³/mol. The number of hydrogen-bond acceptors (Lipinski definition) is 4. The summed E-state index contributed by atoms with van der Waals surface area (Å²) in [6.45, 7) is 7.19. The lowest BCUT2D eigenvalue weighted by Gasteiger charge is -2.10. The monoisotopic (exact) mass is 252 g/mol. The zero-order chi connectivity index (χ0) is 12.5. The minimum atomic E-state index is 0.628. The van der Waals surface area contributed by atoms with Gasteiger partial charge in [0.25, 0.3) is 0 Å². The molecule has 0 bridgehead atoms. The Bertz CT molecular complexity index is 355. The Morgan fingerprint density at radius 2 is 2.35 bits per heavy atom. The van der Waals surface area contributed by atoms with Crippen LogP contribution in [0.25, 0.3) is 0 Å². The molecule has 0 aliphatic carbocycles. The molecule has 17 heavy (non-hydrogen) atoms. The summed E-state index contributed by atoms with van der Waals surface area (Å²) < 4.78 is 5.44. The molecule has 3 N–H and O–H groups in total. The number of hydrogen-bond donors (Lipinski definition) is 2. The van der Waals surface area contributed by atoms with Gasteiger partial charge in [0.1, 0.15) is 5.75 Å². The summed E-state index contributed by atoms with van der Waals surface area (Å²) in [7, 11) is 0. The molecule has 94 valence electrons. The smallest absolute Gasteiger partial charge is 0.144 e. The molecule has 0 radical (unpaired) electrons. The zero-order valence-corrected chi connectivity index (χ0v) is 11.1. The average Bonchev–Trinajstić information content (AvgIpc) is 2.33. The topological polar surface area (TPSA) is 47.3 Å². The molecule has 0 heterocycles. The van der Waals surface area contributed by atoms with Gasteiger partial charge in [0.15, 0.2) is 0 Å². The average molecular weight is 252 g/mol. The van der Waals surface area contributed by atoms with Crippen LogP contribution in [0.3, 0.4) is 0 Å². The summed E-state index contributed by atoms with van der Waals surface area (Å²) in [6, 6.07) is 5.78. The molecule has 0 spiro atoms. The second-order valence-corrected chi connectivity index (χ2v) is 4.63. The summed E-state index contributed by atoms with van der Waals surface area (Å²) in [5, 5.41) is 3.34. The first-order valence-corrected chi connectivity index (χ1v) is 6.88. The van der Waals surface area contributed by atoms with Gasteiger partial charge < -0.3 is 15.8 Å². The molecule has 0 aliphatic rings. The van der Waals surface area contributed by atoms with E-state index in [1.807, 2.05) is 43.0 Å². The number of anilines is 2. The van der Waals surface area contributed by atoms with Gasteiger partial charge in [-0.15, -0.1) is 6.58 Å². The molecule has 1 rings (SSSR count). The van der Waals surface area contributed by atoms with E-state index in [1.165, 1.54) is 0 Å². The number of nitrogens with two attached hydrogens (primary N) is 1. The van der Waals surface area contributed by atoms with Crippen molar-refractivity contribution in [2.75, 3.05) is 35.7 Å². The van der Waals surface area contributed by atoms with Crippen LogP contribution in [0, 0.1) is 0 Å². The van der Waals surface area contributed by atoms with Crippen molar-refractivity contribution in [1.29, 1.82) is 0 Å². The van der Waals surface area contributed by atoms with E-state index in [4.69, 9.17) is 10.5 Å². The molecule has 0 atom stereocenters. The van der Waals surface area contributed by atoms with Gasteiger partial charge in [-0.1, -0.05) is 6.08 Å². The van der Waals surface area contributed by atoms with Crippen molar-refractivity contribution in [2.24, 2.45) is 0 Å². The van der Waals surface area contributed by atoms with E-state index < -0.39 is 0 Å². The highest BCUT2D eigenvalue weighted by molar-refractivity contribution is 7.99. The van der Waals surface area contributed by atoms with E-state index in [9.17, 15) is 0 Å². The first kappa shape index (κ1) is 13.8. The third kappa shape index (κ3) is 5.04. The standard InChI is InChI=1S/C13H20N2OS/c1-3-8-17-9-7-15-11-5-6-12(14)13(10-11)16-4-2/h3,5-6,10,15H,1,4,7-9,14H2,2H3. The van der Waals surface area contributed by atoms with Crippen molar-refractivity contribution in [3.05, 3.63) is 30.9 Å². The largest absolute Gasteiger partial charge is 0.492 e. The first-order chi connectivity index (χ1) is 8.27. The Morgan fingerprint density at radius 1 is 1.53 bits per heavy atom. The number of thioether (sulfide) groups is 1. The van der Waals surface area contributed by atoms with E-state index in [0.29, 0.717) is 12.3 Å². The minimum absolute atomic E-state index is 0.628. The molecular weight excluding hydrogens is 232 g/mol. The van der Waals surface area contributed by atoms with Crippen molar-refractivity contribution in [3.63, 3.8) is 0 Å². The highest BCUT2D eigenvalue weighted by atomic mass is 32.2. The Hall–Kier alpha value is -1.29. The number of rotatable bonds is 8. The van der Waals surface area contributed by atoms with Crippen LogP contribution in [0.1, 0.15) is 6.92 Å². The fourth-order valence-corrected chi connectivity index (χ4v) is 1.94. The lowest BCUT2D eigenvalue weighted by atomic mass is 10.2. The lowest BCUT2D eigenvalue weighted by molar-refractivity contribution is 0.342. The van der Waals surface area contributed by atoms with Crippen LogP contribution in [-0.4, -0.2) is 24.7 Å². The predicted octanol–water partition coefficient (Wildman–Crippen LogP) is 3.00. The van der Waals surface area contributed by atoms with Gasteiger partial charge in [-0.25, -0.2) is 0 Å². The van der Waals surface area contributed by atoms with Crippen molar-refractivity contribution in [3.8, 4) is 5.75 Å². The molecule has 1 aromatic rings. The van der Waals surface area contributed by atoms with Crippen LogP contribution in [0.2, 0.25) is 0 Å². The number of benzene rings is 1. The lowest BCUT2D eigenvalue weighted by Crippen LogP contribution is -2.05. The highest BCUT2D eigenvalue weighted by Crippen LogP contribution is 2.25. The van der Waals surface area contributed by atoms with Gasteiger partial charge >= 0.3 is 0 Å². The van der Waals surface area contributed by atoms with Gasteiger partial charge in [-0.3, -0.25) is 0 Å². The minimum Gasteiger partial charge on any atom is -0.492 e. The van der Waals surface area contributed by atoms with Crippen LogP contribution in [0.15, 0.2) is 30.9 Å². The van der Waals surface area contributed by atoms with E-state index >= 15 is 0 Å². The molecule has 0 aromatic heterocycles. The Labute approximate surface area is 107 Å². The molecule has 0 saturated carbocycles. The maximum absolute atomic E-state index is 5.80. The van der Waals surface area contributed by atoms with Gasteiger partial charge in [-0.05, 0) is 19.1 Å². The zero-order valence-electron chi connectivity index (χ0n) is 10.2. The molecule has 4 heteroatoms. The van der Waals surface area contributed by atoms with Crippen LogP contribution in [0.5, 0.6) is 5.75 Å². The van der Waals surface area contributed by atoms with Gasteiger partial charge in [0.2, 0.25) is 0 Å². The molecule has 0 amide bonds. The maximum Gasteiger partial charge on any atom is 0.144 e. The Balaban J connectivity index is 2.42. The van der Waals surface area contributed by atoms with Crippen molar-refractivity contribution >= 4 is 23.1 Å². The van der Waals surface area contributed by atoms with E-state index in [2.05, 4.69) is 11.9 Å². The second-order valence-electron chi connectivity index (χ2n) is 3.48. The molecular formula is C13H20N2OS. The normalized spacial score (nSPS) is 9.94. The fraction of sp³-hybridized carbons (Fsp3) is 0.385. The van der Waals surface area contributed by atoms with Crippen LogP contribution < -0.4 is 15.8 Å². The Morgan fingerprint density at radius 3 is 3.06 bits per heavy atom. The molecule has 0 aliphatic heterocycles. The number of nitrogen functional groups attached to an aromatic ring is 1. The SMILES string of the molecule is C=CCSCCNc1ccc(N)c(OCC)c1. The first-order valence-electron chi connectivity index (χ1n) is 5.72. The van der Waals surface area contributed by atoms with Crippen molar-refractivity contribution < 1.29 is 4.74 Å². The molecule has 3 nitrogen and oxygen atoms in total. The molecule has 0 fully saturated rings. The summed E-state index contributed by atoms with van der Waals surface area (Å²) >= 11 is 1.85. The third-order valence-electron chi connectivity index (χ3n) is 2.12. The summed E-state index contributed by atoms with van der Waals surface area (Å²) in [6.07, 6.45) is 1.92. The van der Waals surface area contributed by atoms with Crippen molar-refractivity contribution in [2.45, 2.75) is 6.92 Å². The van der Waals surface area contributed by atoms with Gasteiger partial charge in [0.05, 0.1) is 12.3 Å². The summed E-state index contributed by atoms with van der Waals surface area (Å²) in [5.74, 6) is 2.80. The van der Waals surface area contributed by atoms with Crippen molar-refractivity contribution in [1.82, 2.24) is 0 Å². The highest BCUT2D eigenvalue weighted by Gasteiger charge is 2.01. The molecule has 1 aromatic carbocycles.